The van der Waals surface area contributed by atoms with Crippen molar-refractivity contribution in [1.82, 2.24) is 9.88 Å². The van der Waals surface area contributed by atoms with Crippen molar-refractivity contribution in [1.29, 1.82) is 0 Å². The van der Waals surface area contributed by atoms with E-state index in [1.165, 1.54) is 5.56 Å². The van der Waals surface area contributed by atoms with E-state index >= 15 is 0 Å². The van der Waals surface area contributed by atoms with Gasteiger partial charge < -0.3 is 9.32 Å². The molecule has 0 aliphatic carbocycles. The molecule has 0 N–H and O–H groups in total. The fourth-order valence-electron chi connectivity index (χ4n) is 4.48. The fraction of sp³-hybridized carbons (Fsp3) is 0.360. The van der Waals surface area contributed by atoms with Crippen molar-refractivity contribution in [2.45, 2.75) is 51.0 Å². The number of aryl methyl sites for hydroxylation is 1. The number of hydrogen-bond donors (Lipinski definition) is 0. The Morgan fingerprint density at radius 1 is 1.20 bits per heavy atom. The Morgan fingerprint density at radius 2 is 1.97 bits per heavy atom. The third-order valence-corrected chi connectivity index (χ3v) is 6.24. The van der Waals surface area contributed by atoms with Crippen LogP contribution in [0.2, 0.25) is 5.02 Å². The van der Waals surface area contributed by atoms with Gasteiger partial charge in [0.25, 0.3) is 0 Å². The van der Waals surface area contributed by atoms with E-state index in [1.54, 1.807) is 6.20 Å². The van der Waals surface area contributed by atoms with Crippen molar-refractivity contribution in [2.75, 3.05) is 6.54 Å². The molecule has 156 valence electrons. The molecule has 1 saturated heterocycles. The zero-order valence-corrected chi connectivity index (χ0v) is 18.0. The van der Waals surface area contributed by atoms with E-state index in [2.05, 4.69) is 41.1 Å². The van der Waals surface area contributed by atoms with E-state index in [0.717, 1.165) is 31.4 Å². The third-order valence-electron chi connectivity index (χ3n) is 5.99. The first-order chi connectivity index (χ1) is 14.7. The van der Waals surface area contributed by atoms with E-state index in [0.29, 0.717) is 35.4 Å². The predicted molar refractivity (Wildman–Crippen MR) is 119 cm³/mol. The first kappa shape index (κ1) is 20.7. The Kier molecular flexibility index (Phi) is 6.53. The summed E-state index contributed by atoms with van der Waals surface area (Å²) in [4.78, 5) is 19.5. The molecular formula is C25H27ClN2O2. The zero-order chi connectivity index (χ0) is 20.9. The third kappa shape index (κ3) is 4.59. The topological polar surface area (TPSA) is 46.3 Å². The van der Waals surface area contributed by atoms with Crippen LogP contribution in [0.3, 0.4) is 0 Å². The minimum atomic E-state index is 0.193. The van der Waals surface area contributed by atoms with Crippen molar-refractivity contribution < 1.29 is 9.21 Å². The summed E-state index contributed by atoms with van der Waals surface area (Å²) in [6, 6.07) is 18.3. The van der Waals surface area contributed by atoms with E-state index in [4.69, 9.17) is 16.0 Å². The lowest BCUT2D eigenvalue weighted by molar-refractivity contribution is -0.132. The number of benzene rings is 2. The second kappa shape index (κ2) is 9.48. The molecule has 4 rings (SSSR count). The summed E-state index contributed by atoms with van der Waals surface area (Å²) in [6.45, 7) is 3.05. The number of oxazole rings is 1. The van der Waals surface area contributed by atoms with Gasteiger partial charge in [0.05, 0.1) is 6.20 Å². The van der Waals surface area contributed by atoms with Gasteiger partial charge in [0.15, 0.2) is 11.7 Å². The number of aromatic nitrogens is 1. The number of hydrogen-bond acceptors (Lipinski definition) is 3. The Labute approximate surface area is 182 Å². The van der Waals surface area contributed by atoms with Crippen LogP contribution in [0, 0.1) is 0 Å². The molecule has 1 aliphatic rings. The molecule has 1 aromatic heterocycles. The highest BCUT2D eigenvalue weighted by molar-refractivity contribution is 6.30. The summed E-state index contributed by atoms with van der Waals surface area (Å²) in [6.07, 6.45) is 5.81. The van der Waals surface area contributed by atoms with Crippen LogP contribution in [-0.2, 0) is 11.2 Å². The van der Waals surface area contributed by atoms with E-state index in [9.17, 15) is 4.79 Å². The molecular weight excluding hydrogens is 396 g/mol. The van der Waals surface area contributed by atoms with Crippen LogP contribution in [0.4, 0.5) is 0 Å². The predicted octanol–water partition coefficient (Wildman–Crippen LogP) is 6.11. The average molecular weight is 423 g/mol. The lowest BCUT2D eigenvalue weighted by atomic mass is 9.87. The number of rotatable bonds is 7. The summed E-state index contributed by atoms with van der Waals surface area (Å²) in [5.74, 6) is 1.87. The van der Waals surface area contributed by atoms with Gasteiger partial charge in [-0.1, -0.05) is 48.9 Å². The van der Waals surface area contributed by atoms with Crippen LogP contribution in [0.15, 0.2) is 65.2 Å². The Hall–Kier alpha value is -2.59. The molecule has 1 amide bonds. The average Bonchev–Trinajstić information content (AvgIpc) is 3.44. The molecule has 0 bridgehead atoms. The molecule has 2 heterocycles. The number of carbonyl (C=O) groups is 1. The molecule has 0 saturated carbocycles. The van der Waals surface area contributed by atoms with Crippen molar-refractivity contribution in [2.24, 2.45) is 0 Å². The van der Waals surface area contributed by atoms with Crippen LogP contribution >= 0.6 is 11.6 Å². The zero-order valence-electron chi connectivity index (χ0n) is 17.3. The van der Waals surface area contributed by atoms with Crippen LogP contribution < -0.4 is 0 Å². The molecule has 4 nitrogen and oxygen atoms in total. The normalized spacial score (nSPS) is 17.3. The van der Waals surface area contributed by atoms with E-state index < -0.39 is 0 Å². The van der Waals surface area contributed by atoms with Gasteiger partial charge in [0.1, 0.15) is 0 Å². The molecule has 3 aromatic rings. The highest BCUT2D eigenvalue weighted by Crippen LogP contribution is 2.34. The smallest absolute Gasteiger partial charge is 0.223 e. The minimum absolute atomic E-state index is 0.193. The van der Waals surface area contributed by atoms with E-state index in [1.807, 2.05) is 30.3 Å². The van der Waals surface area contributed by atoms with Crippen molar-refractivity contribution in [3.05, 3.63) is 77.3 Å². The van der Waals surface area contributed by atoms with Crippen LogP contribution in [0.1, 0.15) is 50.0 Å². The Morgan fingerprint density at radius 3 is 2.70 bits per heavy atom. The molecule has 1 aliphatic heterocycles. The van der Waals surface area contributed by atoms with Crippen molar-refractivity contribution >= 4 is 17.5 Å². The van der Waals surface area contributed by atoms with Gasteiger partial charge in [-0.25, -0.2) is 4.98 Å². The quantitative estimate of drug-likeness (QED) is 0.461. The summed E-state index contributed by atoms with van der Waals surface area (Å²) >= 11 is 5.95. The highest BCUT2D eigenvalue weighted by Gasteiger charge is 2.34. The maximum Gasteiger partial charge on any atom is 0.223 e. The molecule has 0 spiro atoms. The summed E-state index contributed by atoms with van der Waals surface area (Å²) in [5.41, 5.74) is 2.25. The van der Waals surface area contributed by atoms with Gasteiger partial charge in [0, 0.05) is 41.9 Å². The second-order valence-corrected chi connectivity index (χ2v) is 8.28. The van der Waals surface area contributed by atoms with Crippen LogP contribution in [-0.4, -0.2) is 28.4 Å². The largest absolute Gasteiger partial charge is 0.441 e. The van der Waals surface area contributed by atoms with Gasteiger partial charge in [-0.15, -0.1) is 0 Å². The SMILES string of the molecule is CC[C@H](c1ccccc1)[C@H]1CCCN1C(=O)CCc1ncc(-c2ccc(Cl)cc2)o1. The first-order valence-corrected chi connectivity index (χ1v) is 11.1. The molecule has 1 fully saturated rings. The molecule has 5 heteroatoms. The second-order valence-electron chi connectivity index (χ2n) is 7.85. The Balaban J connectivity index is 1.39. The maximum atomic E-state index is 13.0. The van der Waals surface area contributed by atoms with Gasteiger partial charge in [-0.05, 0) is 49.1 Å². The lowest BCUT2D eigenvalue weighted by Gasteiger charge is -2.31. The standard InChI is InChI=1S/C25H27ClN2O2/c1-2-21(18-7-4-3-5-8-18)22-9-6-16-28(22)25(29)15-14-24-27-17-23(30-24)19-10-12-20(26)13-11-19/h3-5,7-8,10-13,17,21-22H,2,6,9,14-16H2,1H3/t21-,22-/m1/s1. The van der Waals surface area contributed by atoms with Crippen LogP contribution in [0.25, 0.3) is 11.3 Å². The molecule has 2 aromatic carbocycles. The summed E-state index contributed by atoms with van der Waals surface area (Å²) in [7, 11) is 0. The van der Waals surface area contributed by atoms with Gasteiger partial charge in [-0.3, -0.25) is 4.79 Å². The molecule has 0 unspecified atom stereocenters. The number of halogens is 1. The summed E-state index contributed by atoms with van der Waals surface area (Å²) in [5, 5.41) is 0.685. The first-order valence-electron chi connectivity index (χ1n) is 10.7. The minimum Gasteiger partial charge on any atom is -0.441 e. The number of carbonyl (C=O) groups excluding carboxylic acids is 1. The fourth-order valence-corrected chi connectivity index (χ4v) is 4.61. The van der Waals surface area contributed by atoms with Crippen molar-refractivity contribution in [3.63, 3.8) is 0 Å². The molecule has 2 atom stereocenters. The van der Waals surface area contributed by atoms with E-state index in [-0.39, 0.29) is 11.9 Å². The van der Waals surface area contributed by atoms with Gasteiger partial charge >= 0.3 is 0 Å². The number of nitrogens with zero attached hydrogens (tertiary/aromatic N) is 2. The van der Waals surface area contributed by atoms with Crippen LogP contribution in [0.5, 0.6) is 0 Å². The maximum absolute atomic E-state index is 13.0. The monoisotopic (exact) mass is 422 g/mol. The lowest BCUT2D eigenvalue weighted by Crippen LogP contribution is -2.39. The Bertz CT molecular complexity index is 968. The summed E-state index contributed by atoms with van der Waals surface area (Å²) < 4.78 is 5.86. The number of likely N-dealkylation sites (tertiary alicyclic amines) is 1. The highest BCUT2D eigenvalue weighted by atomic mass is 35.5. The van der Waals surface area contributed by atoms with Crippen molar-refractivity contribution in [3.8, 4) is 11.3 Å². The molecule has 30 heavy (non-hydrogen) atoms. The number of amides is 1. The van der Waals surface area contributed by atoms with Gasteiger partial charge in [-0.2, -0.15) is 0 Å². The molecule has 0 radical (unpaired) electrons. The van der Waals surface area contributed by atoms with Gasteiger partial charge in [0.2, 0.25) is 5.91 Å².